The molecule has 11 heteroatoms. The molecule has 3 aliphatic rings. The van der Waals surface area contributed by atoms with Crippen molar-refractivity contribution in [3.05, 3.63) is 41.5 Å². The lowest BCUT2D eigenvalue weighted by atomic mass is 9.99. The van der Waals surface area contributed by atoms with Crippen LogP contribution in [0.25, 0.3) is 6.08 Å². The third-order valence-electron chi connectivity index (χ3n) is 9.66. The Morgan fingerprint density at radius 2 is 1.56 bits per heavy atom. The van der Waals surface area contributed by atoms with E-state index in [1.807, 2.05) is 80.5 Å². The molecule has 1 aromatic rings. The Kier molecular flexibility index (Phi) is 11.8. The van der Waals surface area contributed by atoms with Crippen LogP contribution in [-0.2, 0) is 28.4 Å². The van der Waals surface area contributed by atoms with Gasteiger partial charge in [-0.2, -0.15) is 0 Å². The van der Waals surface area contributed by atoms with Gasteiger partial charge in [0, 0.05) is 12.0 Å². The molecule has 10 nitrogen and oxygen atoms in total. The fourth-order valence-electron chi connectivity index (χ4n) is 5.85. The maximum Gasteiger partial charge on any atom is 0.414 e. The molecule has 280 valence electrons. The van der Waals surface area contributed by atoms with Gasteiger partial charge in [0.2, 0.25) is 0 Å². The number of nitrogens with zero attached hydrogens (tertiary/aromatic N) is 1. The van der Waals surface area contributed by atoms with Gasteiger partial charge in [0.25, 0.3) is 8.32 Å². The van der Waals surface area contributed by atoms with Crippen molar-refractivity contribution in [2.45, 2.75) is 156 Å². The van der Waals surface area contributed by atoms with Crippen LogP contribution in [0, 0.1) is 5.92 Å². The molecular weight excluding hydrogens is 655 g/mol. The van der Waals surface area contributed by atoms with E-state index < -0.39 is 49.8 Å². The van der Waals surface area contributed by atoms with E-state index in [1.165, 1.54) is 0 Å². The average Bonchev–Trinajstić information content (AvgIpc) is 3.44. The topological polar surface area (TPSA) is 102 Å². The van der Waals surface area contributed by atoms with Crippen molar-refractivity contribution in [3.8, 4) is 5.75 Å². The molecule has 0 saturated carbocycles. The summed E-state index contributed by atoms with van der Waals surface area (Å²) in [5.41, 5.74) is 0.610. The molecular formula is C39H61NO9Si. The quantitative estimate of drug-likeness (QED) is 0.168. The van der Waals surface area contributed by atoms with E-state index in [9.17, 15) is 9.59 Å². The lowest BCUT2D eigenvalue weighted by Crippen LogP contribution is -2.44. The number of hydrogen-bond acceptors (Lipinski definition) is 9. The Bertz CT molecular complexity index is 1450. The van der Waals surface area contributed by atoms with Crippen molar-refractivity contribution in [1.82, 2.24) is 0 Å². The molecule has 0 aromatic heterocycles. The molecule has 1 aromatic carbocycles. The second-order valence-electron chi connectivity index (χ2n) is 17.3. The maximum absolute atomic E-state index is 14.3. The summed E-state index contributed by atoms with van der Waals surface area (Å²) in [6.45, 7) is 28.1. The first-order valence-corrected chi connectivity index (χ1v) is 20.9. The molecule has 5 atom stereocenters. The van der Waals surface area contributed by atoms with Gasteiger partial charge < -0.3 is 32.8 Å². The standard InChI is InChI=1S/C39H61NO9Si/c1-25-17-15-19-30-31(47-39(11,12)46-30)20-16-18-27-21-28(40(35(42)48-36(3,4)5)23-29-24-43-38(9,10)45-29)22-32(33(27)34(41)44-26(25)2)49-50(13,14)37(6,7)8/h15-18,21-22,25-26,29-31H,19-20,23-24H2,1-14H3/b17-15-,18-16+/t25-,26+,29?,30-,31+/m1/s1. The fraction of sp³-hybridized carbons (Fsp3) is 0.692. The van der Waals surface area contributed by atoms with Crippen LogP contribution >= 0.6 is 0 Å². The van der Waals surface area contributed by atoms with Crippen LogP contribution in [0.15, 0.2) is 30.4 Å². The fourth-order valence-corrected chi connectivity index (χ4v) is 6.87. The third-order valence-corrected chi connectivity index (χ3v) is 14.0. The van der Waals surface area contributed by atoms with Crippen LogP contribution in [0.2, 0.25) is 18.1 Å². The van der Waals surface area contributed by atoms with Crippen molar-refractivity contribution in [2.75, 3.05) is 18.1 Å². The Morgan fingerprint density at radius 1 is 0.940 bits per heavy atom. The summed E-state index contributed by atoms with van der Waals surface area (Å²) in [4.78, 5) is 29.8. The summed E-state index contributed by atoms with van der Waals surface area (Å²) in [5.74, 6) is -1.69. The van der Waals surface area contributed by atoms with Gasteiger partial charge in [-0.3, -0.25) is 4.90 Å². The molecule has 3 heterocycles. The van der Waals surface area contributed by atoms with Crippen LogP contribution < -0.4 is 9.33 Å². The first-order chi connectivity index (χ1) is 22.9. The highest BCUT2D eigenvalue weighted by atomic mass is 28.4. The molecule has 0 radical (unpaired) electrons. The van der Waals surface area contributed by atoms with Crippen LogP contribution in [-0.4, -0.2) is 75.1 Å². The summed E-state index contributed by atoms with van der Waals surface area (Å²) >= 11 is 0. The number of anilines is 1. The zero-order valence-corrected chi connectivity index (χ0v) is 33.8. The van der Waals surface area contributed by atoms with Crippen LogP contribution in [0.5, 0.6) is 5.75 Å². The average molecular weight is 716 g/mol. The van der Waals surface area contributed by atoms with E-state index in [1.54, 1.807) is 11.0 Å². The summed E-state index contributed by atoms with van der Waals surface area (Å²) in [7, 11) is -2.52. The molecule has 2 fully saturated rings. The number of ether oxygens (including phenoxy) is 6. The van der Waals surface area contributed by atoms with Gasteiger partial charge >= 0.3 is 12.1 Å². The highest BCUT2D eigenvalue weighted by Crippen LogP contribution is 2.42. The Balaban J connectivity index is 1.91. The van der Waals surface area contributed by atoms with Crippen LogP contribution in [0.3, 0.4) is 0 Å². The summed E-state index contributed by atoms with van der Waals surface area (Å²) < 4.78 is 43.6. The van der Waals surface area contributed by atoms with E-state index in [2.05, 4.69) is 46.0 Å². The van der Waals surface area contributed by atoms with Gasteiger partial charge in [0.05, 0.1) is 31.0 Å². The van der Waals surface area contributed by atoms with Crippen molar-refractivity contribution < 1.29 is 42.4 Å². The van der Waals surface area contributed by atoms with E-state index in [4.69, 9.17) is 32.8 Å². The van der Waals surface area contributed by atoms with E-state index in [0.29, 0.717) is 42.0 Å². The molecule has 3 aliphatic heterocycles. The minimum atomic E-state index is -2.52. The molecule has 50 heavy (non-hydrogen) atoms. The number of cyclic esters (lactones) is 1. The molecule has 0 aliphatic carbocycles. The number of rotatable bonds is 5. The van der Waals surface area contributed by atoms with Gasteiger partial charge in [-0.25, -0.2) is 9.59 Å². The number of hydrogen-bond donors (Lipinski definition) is 0. The van der Waals surface area contributed by atoms with Crippen molar-refractivity contribution >= 4 is 32.1 Å². The number of amides is 1. The van der Waals surface area contributed by atoms with Crippen molar-refractivity contribution in [1.29, 1.82) is 0 Å². The predicted octanol–water partition coefficient (Wildman–Crippen LogP) is 9.03. The smallest absolute Gasteiger partial charge is 0.414 e. The normalized spacial score (nSPS) is 28.4. The lowest BCUT2D eigenvalue weighted by Gasteiger charge is -2.37. The number of fused-ring (bicyclic) bond motifs is 2. The molecule has 0 N–H and O–H groups in total. The second kappa shape index (κ2) is 14.7. The van der Waals surface area contributed by atoms with E-state index >= 15 is 0 Å². The second-order valence-corrected chi connectivity index (χ2v) is 22.0. The SMILES string of the molecule is C[C@@H]1/C=C\C[C@H]2OC(C)(C)O[C@H]2C/C=C/c2cc(N(CC3COC(C)(C)O3)C(=O)OC(C)(C)C)cc(O[Si](C)(C)C(C)(C)C)c2C(=O)O[C@H]1C. The maximum atomic E-state index is 14.3. The predicted molar refractivity (Wildman–Crippen MR) is 198 cm³/mol. The van der Waals surface area contributed by atoms with Crippen LogP contribution in [0.4, 0.5) is 10.5 Å². The van der Waals surface area contributed by atoms with Crippen molar-refractivity contribution in [3.63, 3.8) is 0 Å². The van der Waals surface area contributed by atoms with Crippen molar-refractivity contribution in [2.24, 2.45) is 5.92 Å². The minimum absolute atomic E-state index is 0.0563. The molecule has 0 spiro atoms. The summed E-state index contributed by atoms with van der Waals surface area (Å²) in [6, 6.07) is 3.59. The third kappa shape index (κ3) is 10.2. The Labute approximate surface area is 300 Å². The molecule has 1 amide bonds. The van der Waals surface area contributed by atoms with Gasteiger partial charge in [-0.15, -0.1) is 0 Å². The van der Waals surface area contributed by atoms with Gasteiger partial charge in [0.1, 0.15) is 29.1 Å². The Hall–Kier alpha value is -2.70. The highest BCUT2D eigenvalue weighted by Gasteiger charge is 2.42. The monoisotopic (exact) mass is 715 g/mol. The Morgan fingerprint density at radius 3 is 2.12 bits per heavy atom. The molecule has 1 unspecified atom stereocenters. The number of esters is 1. The molecule has 0 bridgehead atoms. The van der Waals surface area contributed by atoms with Gasteiger partial charge in [-0.1, -0.05) is 52.0 Å². The molecule has 4 rings (SSSR count). The first-order valence-electron chi connectivity index (χ1n) is 18.0. The zero-order valence-electron chi connectivity index (χ0n) is 32.8. The van der Waals surface area contributed by atoms with Gasteiger partial charge in [0.15, 0.2) is 11.6 Å². The number of carbonyl (C=O) groups excluding carboxylic acids is 2. The summed E-state index contributed by atoms with van der Waals surface area (Å²) in [6.07, 6.45) is 7.55. The first kappa shape index (κ1) is 40.1. The highest BCUT2D eigenvalue weighted by molar-refractivity contribution is 6.74. The van der Waals surface area contributed by atoms with Gasteiger partial charge in [-0.05, 0) is 98.0 Å². The zero-order chi connectivity index (χ0) is 37.4. The number of carbonyl (C=O) groups is 2. The largest absolute Gasteiger partial charge is 0.543 e. The minimum Gasteiger partial charge on any atom is -0.543 e. The van der Waals surface area contributed by atoms with E-state index in [0.717, 1.165) is 0 Å². The number of benzene rings is 1. The summed E-state index contributed by atoms with van der Waals surface area (Å²) in [5, 5.41) is -0.184. The van der Waals surface area contributed by atoms with Crippen LogP contribution in [0.1, 0.15) is 112 Å². The lowest BCUT2D eigenvalue weighted by molar-refractivity contribution is -0.145. The molecule has 2 saturated heterocycles. The van der Waals surface area contributed by atoms with E-state index in [-0.39, 0.29) is 29.7 Å².